The van der Waals surface area contributed by atoms with Gasteiger partial charge in [-0.05, 0) is 24.3 Å². The van der Waals surface area contributed by atoms with Crippen molar-refractivity contribution in [1.82, 2.24) is 4.90 Å². The predicted octanol–water partition coefficient (Wildman–Crippen LogP) is 2.40. The van der Waals surface area contributed by atoms with Crippen LogP contribution in [0.4, 0.5) is 5.69 Å². The molecule has 0 unspecified atom stereocenters. The molecule has 1 heterocycles. The zero-order valence-electron chi connectivity index (χ0n) is 13.3. The molecule has 0 bridgehead atoms. The maximum Gasteiger partial charge on any atom is 0.332 e. The third-order valence-corrected chi connectivity index (χ3v) is 3.75. The summed E-state index contributed by atoms with van der Waals surface area (Å²) in [5.41, 5.74) is 0.583. The lowest BCUT2D eigenvalue weighted by atomic mass is 10.1. The van der Waals surface area contributed by atoms with Gasteiger partial charge >= 0.3 is 5.97 Å². The maximum atomic E-state index is 12.1. The van der Waals surface area contributed by atoms with Crippen molar-refractivity contribution in [3.05, 3.63) is 81.4 Å². The van der Waals surface area contributed by atoms with Crippen molar-refractivity contribution in [3.63, 3.8) is 0 Å². The molecule has 3 rings (SSSR count). The number of fused-ring (bicyclic) bond motifs is 1. The van der Waals surface area contributed by atoms with Crippen LogP contribution in [0.25, 0.3) is 6.08 Å². The molecule has 1 aliphatic heterocycles. The van der Waals surface area contributed by atoms with Gasteiger partial charge in [-0.2, -0.15) is 0 Å². The molecule has 0 radical (unpaired) electrons. The highest BCUT2D eigenvalue weighted by molar-refractivity contribution is 6.21. The summed E-state index contributed by atoms with van der Waals surface area (Å²) in [5.74, 6) is -1.91. The van der Waals surface area contributed by atoms with Crippen molar-refractivity contribution in [2.75, 3.05) is 6.73 Å². The van der Waals surface area contributed by atoms with Gasteiger partial charge in [-0.3, -0.25) is 19.7 Å². The first-order valence-corrected chi connectivity index (χ1v) is 7.52. The smallest absolute Gasteiger partial charge is 0.332 e. The third-order valence-electron chi connectivity index (χ3n) is 3.75. The molecule has 8 nitrogen and oxygen atoms in total. The van der Waals surface area contributed by atoms with Crippen molar-refractivity contribution in [2.24, 2.45) is 0 Å². The molecule has 26 heavy (non-hydrogen) atoms. The number of benzene rings is 2. The van der Waals surface area contributed by atoms with E-state index in [1.165, 1.54) is 36.4 Å². The number of nitro benzene ring substituents is 1. The van der Waals surface area contributed by atoms with E-state index < -0.39 is 29.4 Å². The molecule has 0 fully saturated rings. The van der Waals surface area contributed by atoms with Gasteiger partial charge in [-0.1, -0.05) is 24.3 Å². The van der Waals surface area contributed by atoms with E-state index in [-0.39, 0.29) is 22.4 Å². The van der Waals surface area contributed by atoms with Crippen molar-refractivity contribution in [2.45, 2.75) is 0 Å². The number of carbonyl (C=O) groups excluding carboxylic acids is 3. The van der Waals surface area contributed by atoms with Crippen LogP contribution in [-0.4, -0.2) is 34.3 Å². The second kappa shape index (κ2) is 6.98. The number of ether oxygens (including phenoxy) is 1. The molecule has 8 heteroatoms. The van der Waals surface area contributed by atoms with Gasteiger partial charge < -0.3 is 4.74 Å². The average Bonchev–Trinajstić information content (AvgIpc) is 2.89. The summed E-state index contributed by atoms with van der Waals surface area (Å²) in [4.78, 5) is 47.3. The lowest BCUT2D eigenvalue weighted by Gasteiger charge is -2.12. The van der Waals surface area contributed by atoms with E-state index in [2.05, 4.69) is 0 Å². The average molecular weight is 352 g/mol. The molecule has 0 saturated carbocycles. The summed E-state index contributed by atoms with van der Waals surface area (Å²) in [6, 6.07) is 12.2. The standard InChI is InChI=1S/C18H12N2O6/c21-16(10-9-12-5-1-4-8-15(12)20(24)25)26-11-19-17(22)13-6-2-3-7-14(13)18(19)23/h1-10H,11H2/b10-9+. The molecule has 1 aliphatic rings. The van der Waals surface area contributed by atoms with Crippen LogP contribution < -0.4 is 0 Å². The number of hydrogen-bond donors (Lipinski definition) is 0. The monoisotopic (exact) mass is 352 g/mol. The predicted molar refractivity (Wildman–Crippen MR) is 90.0 cm³/mol. The molecule has 0 N–H and O–H groups in total. The van der Waals surface area contributed by atoms with Gasteiger partial charge in [-0.25, -0.2) is 9.69 Å². The van der Waals surface area contributed by atoms with Crippen LogP contribution in [0.1, 0.15) is 26.3 Å². The fourth-order valence-corrected chi connectivity index (χ4v) is 2.49. The van der Waals surface area contributed by atoms with Crippen molar-refractivity contribution in [3.8, 4) is 0 Å². The van der Waals surface area contributed by atoms with Gasteiger partial charge in [0.05, 0.1) is 21.6 Å². The van der Waals surface area contributed by atoms with E-state index in [0.717, 1.165) is 11.0 Å². The topological polar surface area (TPSA) is 107 Å². The highest BCUT2D eigenvalue weighted by Gasteiger charge is 2.35. The zero-order chi connectivity index (χ0) is 18.7. The number of imide groups is 1. The van der Waals surface area contributed by atoms with E-state index in [1.807, 2.05) is 0 Å². The fourth-order valence-electron chi connectivity index (χ4n) is 2.49. The highest BCUT2D eigenvalue weighted by atomic mass is 16.6. The molecule has 0 saturated heterocycles. The van der Waals surface area contributed by atoms with Crippen LogP contribution >= 0.6 is 0 Å². The van der Waals surface area contributed by atoms with E-state index in [9.17, 15) is 24.5 Å². The maximum absolute atomic E-state index is 12.1. The van der Waals surface area contributed by atoms with Crippen LogP contribution in [-0.2, 0) is 9.53 Å². The fraction of sp³-hybridized carbons (Fsp3) is 0.0556. The third kappa shape index (κ3) is 3.20. The van der Waals surface area contributed by atoms with Gasteiger partial charge in [0, 0.05) is 12.1 Å². The number of nitro groups is 1. The van der Waals surface area contributed by atoms with Crippen LogP contribution in [0, 0.1) is 10.1 Å². The molecular formula is C18H12N2O6. The van der Waals surface area contributed by atoms with Crippen LogP contribution in [0.5, 0.6) is 0 Å². The summed E-state index contributed by atoms with van der Waals surface area (Å²) >= 11 is 0. The Labute approximate surface area is 147 Å². The Hall–Kier alpha value is -3.81. The number of rotatable bonds is 5. The van der Waals surface area contributed by atoms with Gasteiger partial charge in [0.15, 0.2) is 6.73 Å². The minimum absolute atomic E-state index is 0.156. The quantitative estimate of drug-likeness (QED) is 0.269. The molecule has 0 atom stereocenters. The summed E-state index contributed by atoms with van der Waals surface area (Å²) in [6.45, 7) is -0.535. The highest BCUT2D eigenvalue weighted by Crippen LogP contribution is 2.22. The normalized spacial score (nSPS) is 13.2. The lowest BCUT2D eigenvalue weighted by molar-refractivity contribution is -0.385. The molecule has 0 spiro atoms. The molecule has 0 aliphatic carbocycles. The van der Waals surface area contributed by atoms with Crippen LogP contribution in [0.3, 0.4) is 0 Å². The molecule has 2 amide bonds. The minimum Gasteiger partial charge on any atom is -0.441 e. The molecule has 2 aromatic carbocycles. The summed E-state index contributed by atoms with van der Waals surface area (Å²) in [5, 5.41) is 10.9. The largest absolute Gasteiger partial charge is 0.441 e. The lowest BCUT2D eigenvalue weighted by Crippen LogP contribution is -2.32. The first-order chi connectivity index (χ1) is 12.5. The number of nitrogens with zero attached hydrogens (tertiary/aromatic N) is 2. The summed E-state index contributed by atoms with van der Waals surface area (Å²) < 4.78 is 4.91. The van der Waals surface area contributed by atoms with Crippen molar-refractivity contribution < 1.29 is 24.0 Å². The number of para-hydroxylation sites is 1. The Bertz CT molecular complexity index is 915. The summed E-state index contributed by atoms with van der Waals surface area (Å²) in [6.07, 6.45) is 2.24. The van der Waals surface area contributed by atoms with Crippen molar-refractivity contribution >= 4 is 29.5 Å². The molecule has 0 aromatic heterocycles. The van der Waals surface area contributed by atoms with Gasteiger partial charge in [0.2, 0.25) is 0 Å². The number of hydrogen-bond acceptors (Lipinski definition) is 6. The van der Waals surface area contributed by atoms with Crippen molar-refractivity contribution in [1.29, 1.82) is 0 Å². The minimum atomic E-state index is -0.834. The Morgan fingerprint density at radius 1 is 1.04 bits per heavy atom. The van der Waals surface area contributed by atoms with Gasteiger partial charge in [0.1, 0.15) is 0 Å². The van der Waals surface area contributed by atoms with E-state index in [1.54, 1.807) is 18.2 Å². The number of amides is 2. The van der Waals surface area contributed by atoms with Crippen LogP contribution in [0.15, 0.2) is 54.6 Å². The Kier molecular flexibility index (Phi) is 4.57. The zero-order valence-corrected chi connectivity index (χ0v) is 13.3. The van der Waals surface area contributed by atoms with E-state index in [4.69, 9.17) is 4.74 Å². The summed E-state index contributed by atoms with van der Waals surface area (Å²) in [7, 11) is 0. The first-order valence-electron chi connectivity index (χ1n) is 7.52. The SMILES string of the molecule is O=C(/C=C/c1ccccc1[N+](=O)[O-])OCN1C(=O)c2ccccc2C1=O. The molecular weight excluding hydrogens is 340 g/mol. The van der Waals surface area contributed by atoms with E-state index >= 15 is 0 Å². The number of carbonyl (C=O) groups is 3. The van der Waals surface area contributed by atoms with Gasteiger partial charge in [-0.15, -0.1) is 0 Å². The Morgan fingerprint density at radius 3 is 2.23 bits per heavy atom. The van der Waals surface area contributed by atoms with Crippen LogP contribution in [0.2, 0.25) is 0 Å². The molecule has 130 valence electrons. The Balaban J connectivity index is 1.65. The first kappa shape index (κ1) is 17.0. The van der Waals surface area contributed by atoms with E-state index in [0.29, 0.717) is 0 Å². The second-order valence-corrected chi connectivity index (χ2v) is 5.33. The Morgan fingerprint density at radius 2 is 1.62 bits per heavy atom. The molecule has 2 aromatic rings. The number of esters is 1. The van der Waals surface area contributed by atoms with Gasteiger partial charge in [0.25, 0.3) is 17.5 Å². The second-order valence-electron chi connectivity index (χ2n) is 5.33.